The fourth-order valence-corrected chi connectivity index (χ4v) is 2.94. The molecule has 1 fully saturated rings. The summed E-state index contributed by atoms with van der Waals surface area (Å²) in [4.78, 5) is 13.8. The van der Waals surface area contributed by atoms with Gasteiger partial charge in [-0.2, -0.15) is 0 Å². The van der Waals surface area contributed by atoms with Gasteiger partial charge in [-0.25, -0.2) is 0 Å². The minimum Gasteiger partial charge on any atom is -0.333 e. The van der Waals surface area contributed by atoms with Crippen molar-refractivity contribution in [3.8, 4) is 0 Å². The number of aryl methyl sites for hydroxylation is 2. The van der Waals surface area contributed by atoms with Gasteiger partial charge in [0.05, 0.1) is 5.88 Å². The third kappa shape index (κ3) is 3.77. The summed E-state index contributed by atoms with van der Waals surface area (Å²) in [5, 5.41) is 0. The molecule has 0 aromatic heterocycles. The van der Waals surface area contributed by atoms with E-state index in [0.29, 0.717) is 12.3 Å². The quantitative estimate of drug-likeness (QED) is 0.818. The van der Waals surface area contributed by atoms with Crippen LogP contribution in [0.2, 0.25) is 0 Å². The Labute approximate surface area is 107 Å². The van der Waals surface area contributed by atoms with Crippen molar-refractivity contribution >= 4 is 17.7 Å². The van der Waals surface area contributed by atoms with Gasteiger partial charge >= 0.3 is 0 Å². The molecule has 92 valence electrons. The molecule has 17 heavy (non-hydrogen) atoms. The average Bonchev–Trinajstić information content (AvgIpc) is 2.85. The lowest BCUT2D eigenvalue weighted by molar-refractivity contribution is -0.129. The Morgan fingerprint density at radius 2 is 2.12 bits per heavy atom. The largest absolute Gasteiger partial charge is 0.333 e. The van der Waals surface area contributed by atoms with E-state index in [4.69, 9.17) is 0 Å². The topological polar surface area (TPSA) is 20.3 Å². The van der Waals surface area contributed by atoms with Gasteiger partial charge in [-0.15, -0.1) is 11.8 Å². The first-order chi connectivity index (χ1) is 8.25. The summed E-state index contributed by atoms with van der Waals surface area (Å²) in [7, 11) is 0. The molecule has 1 aliphatic rings. The molecule has 0 spiro atoms. The summed E-state index contributed by atoms with van der Waals surface area (Å²) >= 11 is 1.85. The van der Waals surface area contributed by atoms with Crippen molar-refractivity contribution in [3.05, 3.63) is 35.4 Å². The highest BCUT2D eigenvalue weighted by atomic mass is 32.2. The lowest BCUT2D eigenvalue weighted by Gasteiger charge is -2.13. The Morgan fingerprint density at radius 3 is 2.76 bits per heavy atom. The second-order valence-corrected chi connectivity index (χ2v) is 5.61. The number of nitrogens with zero attached hydrogens (tertiary/aromatic N) is 1. The summed E-state index contributed by atoms with van der Waals surface area (Å²) in [6, 6.07) is 8.58. The fraction of sp³-hybridized carbons (Fsp3) is 0.500. The van der Waals surface area contributed by atoms with Crippen LogP contribution in [-0.4, -0.2) is 29.0 Å². The molecule has 2 nitrogen and oxygen atoms in total. The molecule has 0 radical (unpaired) electrons. The molecule has 1 aromatic rings. The molecule has 0 aliphatic carbocycles. The van der Waals surface area contributed by atoms with Crippen LogP contribution in [0.15, 0.2) is 24.3 Å². The van der Waals surface area contributed by atoms with E-state index in [1.807, 2.05) is 16.7 Å². The second kappa shape index (κ2) is 6.10. The third-order valence-electron chi connectivity index (χ3n) is 3.08. The van der Waals surface area contributed by atoms with Gasteiger partial charge in [-0.05, 0) is 25.3 Å². The Morgan fingerprint density at radius 1 is 1.35 bits per heavy atom. The highest BCUT2D eigenvalue weighted by Gasteiger charge is 2.17. The molecule has 3 heteroatoms. The molecule has 0 N–H and O–H groups in total. The molecule has 1 heterocycles. The molecule has 1 aliphatic heterocycles. The van der Waals surface area contributed by atoms with E-state index in [1.54, 1.807) is 0 Å². The van der Waals surface area contributed by atoms with E-state index >= 15 is 0 Å². The van der Waals surface area contributed by atoms with Gasteiger partial charge < -0.3 is 4.90 Å². The number of hydrogen-bond donors (Lipinski definition) is 0. The van der Waals surface area contributed by atoms with Gasteiger partial charge in [0.2, 0.25) is 5.91 Å². The van der Waals surface area contributed by atoms with Crippen LogP contribution in [0.3, 0.4) is 0 Å². The highest BCUT2D eigenvalue weighted by molar-refractivity contribution is 7.99. The van der Waals surface area contributed by atoms with Gasteiger partial charge in [0.25, 0.3) is 0 Å². The number of thioether (sulfide) groups is 1. The van der Waals surface area contributed by atoms with Crippen LogP contribution in [0.1, 0.15) is 24.0 Å². The summed E-state index contributed by atoms with van der Waals surface area (Å²) in [6.45, 7) is 3.03. The highest BCUT2D eigenvalue weighted by Crippen LogP contribution is 2.15. The summed E-state index contributed by atoms with van der Waals surface area (Å²) < 4.78 is 0. The molecular formula is C14H19NOS. The van der Waals surface area contributed by atoms with E-state index in [1.165, 1.54) is 11.1 Å². The maximum Gasteiger partial charge on any atom is 0.223 e. The average molecular weight is 249 g/mol. The SMILES string of the molecule is Cc1ccc(CCCC(=O)N2CCSC2)cc1. The summed E-state index contributed by atoms with van der Waals surface area (Å²) in [5.41, 5.74) is 2.62. The number of rotatable bonds is 4. The Balaban J connectivity index is 1.72. The van der Waals surface area contributed by atoms with Crippen LogP contribution in [0, 0.1) is 6.92 Å². The number of amides is 1. The molecule has 0 unspecified atom stereocenters. The van der Waals surface area contributed by atoms with Crippen molar-refractivity contribution in [2.75, 3.05) is 18.2 Å². The molecule has 0 atom stereocenters. The van der Waals surface area contributed by atoms with Crippen LogP contribution < -0.4 is 0 Å². The lowest BCUT2D eigenvalue weighted by atomic mass is 10.1. The van der Waals surface area contributed by atoms with Crippen molar-refractivity contribution < 1.29 is 4.79 Å². The molecule has 1 saturated heterocycles. The zero-order chi connectivity index (χ0) is 12.1. The van der Waals surface area contributed by atoms with Crippen LogP contribution in [0.25, 0.3) is 0 Å². The van der Waals surface area contributed by atoms with E-state index in [0.717, 1.165) is 31.0 Å². The van der Waals surface area contributed by atoms with Crippen molar-refractivity contribution in [2.45, 2.75) is 26.2 Å². The van der Waals surface area contributed by atoms with Crippen molar-refractivity contribution in [1.82, 2.24) is 4.90 Å². The van der Waals surface area contributed by atoms with Gasteiger partial charge in [-0.1, -0.05) is 29.8 Å². The van der Waals surface area contributed by atoms with Crippen LogP contribution in [0.4, 0.5) is 0 Å². The van der Waals surface area contributed by atoms with E-state index in [2.05, 4.69) is 31.2 Å². The molecule has 2 rings (SSSR count). The first-order valence-corrected chi connectivity index (χ1v) is 7.32. The Bertz CT molecular complexity index is 368. The predicted molar refractivity (Wildman–Crippen MR) is 73.2 cm³/mol. The summed E-state index contributed by atoms with van der Waals surface area (Å²) in [5.74, 6) is 2.31. The maximum absolute atomic E-state index is 11.8. The van der Waals surface area contributed by atoms with Gasteiger partial charge in [0, 0.05) is 18.7 Å². The fourth-order valence-electron chi connectivity index (χ4n) is 1.97. The van der Waals surface area contributed by atoms with Crippen LogP contribution in [0.5, 0.6) is 0 Å². The standard InChI is InChI=1S/C14H19NOS/c1-12-5-7-13(8-6-12)3-2-4-14(16)15-9-10-17-11-15/h5-8H,2-4,9-11H2,1H3. The van der Waals surface area contributed by atoms with E-state index < -0.39 is 0 Å². The maximum atomic E-state index is 11.8. The van der Waals surface area contributed by atoms with Crippen molar-refractivity contribution in [1.29, 1.82) is 0 Å². The molecule has 0 bridgehead atoms. The van der Waals surface area contributed by atoms with Gasteiger partial charge in [0.15, 0.2) is 0 Å². The zero-order valence-corrected chi connectivity index (χ0v) is 11.1. The smallest absolute Gasteiger partial charge is 0.223 e. The summed E-state index contributed by atoms with van der Waals surface area (Å²) in [6.07, 6.45) is 2.66. The Hall–Kier alpha value is -0.960. The lowest BCUT2D eigenvalue weighted by Crippen LogP contribution is -2.27. The molecule has 1 aromatic carbocycles. The number of carbonyl (C=O) groups excluding carboxylic acids is 1. The monoisotopic (exact) mass is 249 g/mol. The number of hydrogen-bond acceptors (Lipinski definition) is 2. The Kier molecular flexibility index (Phi) is 4.49. The van der Waals surface area contributed by atoms with E-state index in [-0.39, 0.29) is 0 Å². The van der Waals surface area contributed by atoms with E-state index in [9.17, 15) is 4.79 Å². The second-order valence-electron chi connectivity index (χ2n) is 4.53. The number of carbonyl (C=O) groups is 1. The predicted octanol–water partition coefficient (Wildman–Crippen LogP) is 2.85. The van der Waals surface area contributed by atoms with Gasteiger partial charge in [-0.3, -0.25) is 4.79 Å². The first kappa shape index (κ1) is 12.5. The normalized spacial score (nSPS) is 15.2. The molecule has 0 saturated carbocycles. The van der Waals surface area contributed by atoms with Crippen LogP contribution >= 0.6 is 11.8 Å². The minimum absolute atomic E-state index is 0.321. The number of benzene rings is 1. The zero-order valence-electron chi connectivity index (χ0n) is 10.3. The van der Waals surface area contributed by atoms with Gasteiger partial charge in [0.1, 0.15) is 0 Å². The van der Waals surface area contributed by atoms with Crippen LogP contribution in [-0.2, 0) is 11.2 Å². The molecular weight excluding hydrogens is 230 g/mol. The molecule has 1 amide bonds. The first-order valence-electron chi connectivity index (χ1n) is 6.17. The minimum atomic E-state index is 0.321. The van der Waals surface area contributed by atoms with Crippen molar-refractivity contribution in [3.63, 3.8) is 0 Å². The van der Waals surface area contributed by atoms with Crippen molar-refractivity contribution in [2.24, 2.45) is 0 Å². The third-order valence-corrected chi connectivity index (χ3v) is 4.05.